The molecule has 0 aliphatic heterocycles. The number of hydrogen-bond donors (Lipinski definition) is 0. The number of fused-ring (bicyclic) bond motifs is 7. The Morgan fingerprint density at radius 1 is 0.695 bits per heavy atom. The van der Waals surface area contributed by atoms with Gasteiger partial charge in [-0.15, -0.1) is 12.1 Å². The van der Waals surface area contributed by atoms with E-state index in [9.17, 15) is 0 Å². The fourth-order valence-corrected chi connectivity index (χ4v) is 9.77. The second-order valence-corrected chi connectivity index (χ2v) is 25.9. The maximum atomic E-state index is 7.79. The Bertz CT molecular complexity index is 3390. The number of nitrogens with zero attached hydrogens (tertiary/aromatic N) is 4. The summed E-state index contributed by atoms with van der Waals surface area (Å²) < 4.78 is 39.9. The Morgan fingerprint density at radius 2 is 1.49 bits per heavy atom. The SMILES string of the molecule is [2H]C([2H])([2H])c1ccc(-c2c[c-]c(-c3nc4ccccc4n3-c3cccc4c3oc3ccccc34)c3oc4ncccc4c23)cc1.[CH3][Ge]([CH3])([CH3])[c]1ccc(-c2[c-]cccc2)nc1.[Ir]. The normalized spacial score (nSPS) is 12.6. The Morgan fingerprint density at radius 3 is 2.29 bits per heavy atom. The van der Waals surface area contributed by atoms with Crippen molar-refractivity contribution < 1.29 is 33.1 Å². The van der Waals surface area contributed by atoms with Gasteiger partial charge in [-0.25, -0.2) is 4.98 Å². The number of aryl methyl sites for hydroxylation is 1. The van der Waals surface area contributed by atoms with Gasteiger partial charge in [-0.2, -0.15) is 0 Å². The summed E-state index contributed by atoms with van der Waals surface area (Å²) in [6, 6.07) is 53.9. The molecule has 0 saturated carbocycles. The fourth-order valence-electron chi connectivity index (χ4n) is 7.60. The number of rotatable bonds is 5. The van der Waals surface area contributed by atoms with Crippen LogP contribution in [0.1, 0.15) is 9.68 Å². The molecule has 6 aromatic carbocycles. The van der Waals surface area contributed by atoms with E-state index in [2.05, 4.69) is 68.2 Å². The Hall–Kier alpha value is -6.12. The minimum absolute atomic E-state index is 0. The number of pyridine rings is 2. The van der Waals surface area contributed by atoms with Crippen molar-refractivity contribution in [1.29, 1.82) is 0 Å². The second kappa shape index (κ2) is 15.6. The quantitative estimate of drug-likeness (QED) is 0.127. The van der Waals surface area contributed by atoms with Crippen LogP contribution in [0.4, 0.5) is 0 Å². The summed E-state index contributed by atoms with van der Waals surface area (Å²) in [7, 11) is 0. The number of aromatic nitrogens is 4. The van der Waals surface area contributed by atoms with E-state index in [0.717, 1.165) is 71.8 Å². The van der Waals surface area contributed by atoms with Crippen LogP contribution >= 0.6 is 0 Å². The molecule has 0 atom stereocenters. The standard InChI is InChI=1S/C37H22N3O2.C14H16GeN.Ir/c1-22-15-17-23(18-16-22)24-19-20-28(35-33(24)27-10-7-21-38-37(27)42-35)36-39-29-11-3-4-12-30(29)40(36)31-13-6-9-26-25-8-2-5-14-32(25)41-34(26)31;1-15(2,3)13-9-10-14(16-11-13)12-7-5-4-6-8-12;/h2-19,21H,1H3;4-7,9-11H,1-3H3;/q2*-1;/i1D3;;. The van der Waals surface area contributed by atoms with Crippen LogP contribution in [0.3, 0.4) is 0 Å². The van der Waals surface area contributed by atoms with E-state index >= 15 is 0 Å². The number of imidazole rings is 1. The summed E-state index contributed by atoms with van der Waals surface area (Å²) in [6.07, 6.45) is 3.74. The Balaban J connectivity index is 0.000000244. The molecule has 1 radical (unpaired) electrons. The van der Waals surface area contributed by atoms with Gasteiger partial charge in [0.25, 0.3) is 0 Å². The molecule has 0 fully saturated rings. The molecule has 289 valence electrons. The van der Waals surface area contributed by atoms with Crippen LogP contribution in [0.2, 0.25) is 17.3 Å². The van der Waals surface area contributed by atoms with E-state index in [4.69, 9.17) is 17.9 Å². The van der Waals surface area contributed by atoms with E-state index in [1.54, 1.807) is 18.3 Å². The van der Waals surface area contributed by atoms with Gasteiger partial charge in [0.2, 0.25) is 5.71 Å². The third kappa shape index (κ3) is 6.99. The molecule has 0 N–H and O–H groups in total. The van der Waals surface area contributed by atoms with E-state index in [-0.39, 0.29) is 25.7 Å². The van der Waals surface area contributed by atoms with Gasteiger partial charge in [0.1, 0.15) is 5.58 Å². The average Bonchev–Trinajstić information content (AvgIpc) is 3.98. The average molecular weight is 1010 g/mol. The zero-order valence-corrected chi connectivity index (χ0v) is 36.9. The first-order valence-electron chi connectivity index (χ1n) is 20.7. The van der Waals surface area contributed by atoms with Crippen molar-refractivity contribution in [3.05, 3.63) is 176 Å². The maximum absolute atomic E-state index is 7.79. The Kier molecular flexibility index (Phi) is 9.20. The topological polar surface area (TPSA) is 69.9 Å². The summed E-state index contributed by atoms with van der Waals surface area (Å²) in [5.74, 6) is 7.79. The Labute approximate surface area is 362 Å². The molecular formula is C51H38GeIrN4O2-2. The smallest absolute Gasteiger partial charge is 0 e. The van der Waals surface area contributed by atoms with Crippen molar-refractivity contribution in [2.75, 3.05) is 0 Å². The van der Waals surface area contributed by atoms with Gasteiger partial charge in [0.15, 0.2) is 5.58 Å². The van der Waals surface area contributed by atoms with E-state index in [0.29, 0.717) is 22.7 Å². The molecule has 5 aromatic heterocycles. The number of furan rings is 2. The number of benzene rings is 6. The molecule has 5 heterocycles. The minimum atomic E-state index is -2.18. The van der Waals surface area contributed by atoms with E-state index < -0.39 is 20.1 Å². The van der Waals surface area contributed by atoms with Crippen molar-refractivity contribution in [2.24, 2.45) is 0 Å². The number of para-hydroxylation sites is 4. The predicted molar refractivity (Wildman–Crippen MR) is 239 cm³/mol. The molecule has 6 nitrogen and oxygen atoms in total. The van der Waals surface area contributed by atoms with E-state index in [1.165, 1.54) is 4.40 Å². The van der Waals surface area contributed by atoms with Crippen LogP contribution in [-0.4, -0.2) is 32.8 Å². The van der Waals surface area contributed by atoms with Crippen molar-refractivity contribution in [1.82, 2.24) is 19.5 Å². The van der Waals surface area contributed by atoms with Crippen molar-refractivity contribution in [3.8, 4) is 39.5 Å². The molecule has 59 heavy (non-hydrogen) atoms. The predicted octanol–water partition coefficient (Wildman–Crippen LogP) is 12.8. The van der Waals surface area contributed by atoms with Crippen LogP contribution in [0.5, 0.6) is 0 Å². The van der Waals surface area contributed by atoms with Crippen LogP contribution in [-0.2, 0) is 20.1 Å². The van der Waals surface area contributed by atoms with Gasteiger partial charge >= 0.3 is 99.8 Å². The molecule has 0 aliphatic carbocycles. The zero-order valence-electron chi connectivity index (χ0n) is 35.4. The maximum Gasteiger partial charge on any atom is 0 e. The minimum Gasteiger partial charge on any atom is 0 e. The monoisotopic (exact) mass is 1010 g/mol. The summed E-state index contributed by atoms with van der Waals surface area (Å²) in [5.41, 5.74) is 10.0. The molecular weight excluding hydrogens is 965 g/mol. The van der Waals surface area contributed by atoms with Gasteiger partial charge in [0, 0.05) is 46.6 Å². The molecule has 0 bridgehead atoms. The largest absolute Gasteiger partial charge is 0 e. The van der Waals surface area contributed by atoms with Crippen LogP contribution in [0.15, 0.2) is 167 Å². The van der Waals surface area contributed by atoms with Crippen molar-refractivity contribution >= 4 is 72.7 Å². The fraction of sp³-hybridized carbons (Fsp3) is 0.0784. The first kappa shape index (κ1) is 34.9. The summed E-state index contributed by atoms with van der Waals surface area (Å²) in [6.45, 7) is -2.18. The van der Waals surface area contributed by atoms with Crippen LogP contribution < -0.4 is 4.40 Å². The first-order chi connectivity index (χ1) is 29.5. The molecule has 11 aromatic rings. The summed E-state index contributed by atoms with van der Waals surface area (Å²) >= 11 is -1.72. The summed E-state index contributed by atoms with van der Waals surface area (Å²) in [4.78, 5) is 14.2. The third-order valence-electron chi connectivity index (χ3n) is 10.5. The molecule has 0 saturated heterocycles. The first-order valence-corrected chi connectivity index (χ1v) is 26.5. The molecule has 11 rings (SSSR count). The van der Waals surface area contributed by atoms with Crippen LogP contribution in [0.25, 0.3) is 94.5 Å². The van der Waals surface area contributed by atoms with Crippen molar-refractivity contribution in [3.63, 3.8) is 0 Å². The molecule has 0 aliphatic rings. The van der Waals surface area contributed by atoms with E-state index in [1.807, 2.05) is 115 Å². The van der Waals surface area contributed by atoms with Gasteiger partial charge in [-0.3, -0.25) is 4.98 Å². The summed E-state index contributed by atoms with van der Waals surface area (Å²) in [5, 5.41) is 3.77. The number of hydrogen-bond acceptors (Lipinski definition) is 5. The molecule has 0 amide bonds. The second-order valence-electron chi connectivity index (χ2n) is 15.3. The van der Waals surface area contributed by atoms with Gasteiger partial charge in [0.05, 0.1) is 28.1 Å². The van der Waals surface area contributed by atoms with Gasteiger partial charge < -0.3 is 13.4 Å². The van der Waals surface area contributed by atoms with Crippen molar-refractivity contribution in [2.45, 2.75) is 24.1 Å². The van der Waals surface area contributed by atoms with Crippen LogP contribution in [0, 0.1) is 19.0 Å². The zero-order chi connectivity index (χ0) is 41.9. The van der Waals surface area contributed by atoms with Gasteiger partial charge in [-0.05, 0) is 48.6 Å². The molecule has 8 heteroatoms. The third-order valence-corrected chi connectivity index (χ3v) is 14.8. The molecule has 0 unspecified atom stereocenters. The van der Waals surface area contributed by atoms with Gasteiger partial charge in [-0.1, -0.05) is 89.0 Å². The molecule has 0 spiro atoms.